The molecule has 2 aromatic heterocycles. The Balaban J connectivity index is 2.18. The highest BCUT2D eigenvalue weighted by molar-refractivity contribution is 5.96. The van der Waals surface area contributed by atoms with Gasteiger partial charge in [0, 0.05) is 11.3 Å². The minimum atomic E-state index is -0.116. The van der Waals surface area contributed by atoms with E-state index < -0.39 is 0 Å². The van der Waals surface area contributed by atoms with Crippen molar-refractivity contribution < 1.29 is 9.21 Å². The van der Waals surface area contributed by atoms with E-state index in [4.69, 9.17) is 4.42 Å². The van der Waals surface area contributed by atoms with Crippen LogP contribution in [0.5, 0.6) is 0 Å². The van der Waals surface area contributed by atoms with Crippen LogP contribution < -0.4 is 5.32 Å². The van der Waals surface area contributed by atoms with E-state index in [0.29, 0.717) is 11.3 Å². The van der Waals surface area contributed by atoms with Crippen LogP contribution in [0.3, 0.4) is 0 Å². The van der Waals surface area contributed by atoms with Gasteiger partial charge in [0.1, 0.15) is 11.5 Å². The molecule has 0 aliphatic carbocycles. The number of nitrogens with one attached hydrogen (secondary N) is 2. The minimum absolute atomic E-state index is 0.0985. The molecule has 2 rings (SSSR count). The first-order valence-electron chi connectivity index (χ1n) is 6.29. The number of hydrogen-bond donors (Lipinski definition) is 2. The number of aromatic nitrogens is 2. The molecule has 0 fully saturated rings. The van der Waals surface area contributed by atoms with Gasteiger partial charge in [0.15, 0.2) is 0 Å². The molecule has 0 saturated carbocycles. The molecule has 2 heterocycles. The highest BCUT2D eigenvalue weighted by Gasteiger charge is 2.19. The quantitative estimate of drug-likeness (QED) is 0.892. The van der Waals surface area contributed by atoms with Crippen molar-refractivity contribution >= 4 is 5.91 Å². The summed E-state index contributed by atoms with van der Waals surface area (Å²) in [7, 11) is 0. The number of aryl methyl sites for hydroxylation is 4. The summed E-state index contributed by atoms with van der Waals surface area (Å²) in [5.41, 5.74) is 3.11. The van der Waals surface area contributed by atoms with Crippen LogP contribution in [-0.2, 0) is 0 Å². The Morgan fingerprint density at radius 2 is 2.05 bits per heavy atom. The fraction of sp³-hybridized carbons (Fsp3) is 0.429. The summed E-state index contributed by atoms with van der Waals surface area (Å²) in [5, 5.41) is 9.83. The van der Waals surface area contributed by atoms with Crippen LogP contribution >= 0.6 is 0 Å². The van der Waals surface area contributed by atoms with Gasteiger partial charge in [0.05, 0.1) is 17.3 Å². The van der Waals surface area contributed by atoms with E-state index in [2.05, 4.69) is 15.5 Å². The molecule has 0 radical (unpaired) electrons. The van der Waals surface area contributed by atoms with E-state index in [1.165, 1.54) is 0 Å². The molecule has 2 N–H and O–H groups in total. The van der Waals surface area contributed by atoms with Crippen molar-refractivity contribution in [3.05, 3.63) is 40.1 Å². The molecule has 0 aliphatic rings. The van der Waals surface area contributed by atoms with Crippen molar-refractivity contribution in [1.29, 1.82) is 0 Å². The zero-order valence-corrected chi connectivity index (χ0v) is 11.9. The average Bonchev–Trinajstić information content (AvgIpc) is 2.81. The topological polar surface area (TPSA) is 70.9 Å². The van der Waals surface area contributed by atoms with Gasteiger partial charge in [-0.05, 0) is 40.7 Å². The molecule has 102 valence electrons. The Bertz CT molecular complexity index is 591. The van der Waals surface area contributed by atoms with Crippen molar-refractivity contribution in [3.63, 3.8) is 0 Å². The van der Waals surface area contributed by atoms with Crippen LogP contribution in [-0.4, -0.2) is 16.1 Å². The van der Waals surface area contributed by atoms with Crippen molar-refractivity contribution in [2.45, 2.75) is 40.7 Å². The number of H-pyrrole nitrogens is 1. The molecule has 1 unspecified atom stereocenters. The number of carbonyl (C=O) groups is 1. The predicted octanol–water partition coefficient (Wildman–Crippen LogP) is 2.73. The third-order valence-corrected chi connectivity index (χ3v) is 3.25. The summed E-state index contributed by atoms with van der Waals surface area (Å²) in [6, 6.07) is 1.86. The van der Waals surface area contributed by atoms with Crippen LogP contribution in [0.15, 0.2) is 10.5 Å². The number of nitrogens with zero attached hydrogens (tertiary/aromatic N) is 1. The van der Waals surface area contributed by atoms with Gasteiger partial charge in [-0.1, -0.05) is 0 Å². The molecule has 1 amide bonds. The highest BCUT2D eigenvalue weighted by atomic mass is 16.3. The summed E-state index contributed by atoms with van der Waals surface area (Å²) < 4.78 is 5.49. The fourth-order valence-corrected chi connectivity index (χ4v) is 2.31. The summed E-state index contributed by atoms with van der Waals surface area (Å²) in [6.45, 7) is 9.40. The van der Waals surface area contributed by atoms with Crippen LogP contribution in [0, 0.1) is 27.7 Å². The van der Waals surface area contributed by atoms with Crippen molar-refractivity contribution in [2.75, 3.05) is 0 Å². The van der Waals surface area contributed by atoms with Crippen molar-refractivity contribution in [3.8, 4) is 0 Å². The Kier molecular flexibility index (Phi) is 3.46. The molecular formula is C14H19N3O2. The standard InChI is InChI=1S/C14H19N3O2/c1-7-6-12(11(5)19-7)8(2)15-14(18)13-9(3)16-17-10(13)4/h6,8H,1-5H3,(H,15,18)(H,16,17). The van der Waals surface area contributed by atoms with Crippen LogP contribution in [0.4, 0.5) is 0 Å². The van der Waals surface area contributed by atoms with Crippen LogP contribution in [0.1, 0.15) is 51.8 Å². The van der Waals surface area contributed by atoms with Crippen LogP contribution in [0.25, 0.3) is 0 Å². The molecular weight excluding hydrogens is 242 g/mol. The zero-order chi connectivity index (χ0) is 14.2. The average molecular weight is 261 g/mol. The molecule has 2 aromatic rings. The van der Waals surface area contributed by atoms with E-state index in [-0.39, 0.29) is 11.9 Å². The maximum absolute atomic E-state index is 12.2. The Labute approximate surface area is 112 Å². The van der Waals surface area contributed by atoms with Gasteiger partial charge in [-0.2, -0.15) is 5.10 Å². The molecule has 5 heteroatoms. The maximum Gasteiger partial charge on any atom is 0.255 e. The van der Waals surface area contributed by atoms with Gasteiger partial charge < -0.3 is 9.73 Å². The lowest BCUT2D eigenvalue weighted by Gasteiger charge is -2.13. The third kappa shape index (κ3) is 2.54. The van der Waals surface area contributed by atoms with E-state index in [1.807, 2.05) is 40.7 Å². The second kappa shape index (κ2) is 4.91. The van der Waals surface area contributed by atoms with Crippen molar-refractivity contribution in [1.82, 2.24) is 15.5 Å². The summed E-state index contributed by atoms with van der Waals surface area (Å²) >= 11 is 0. The second-order valence-electron chi connectivity index (χ2n) is 4.87. The highest BCUT2D eigenvalue weighted by Crippen LogP contribution is 2.22. The maximum atomic E-state index is 12.2. The Morgan fingerprint density at radius 3 is 2.53 bits per heavy atom. The van der Waals surface area contributed by atoms with E-state index in [0.717, 1.165) is 22.8 Å². The fourth-order valence-electron chi connectivity index (χ4n) is 2.31. The van der Waals surface area contributed by atoms with Crippen molar-refractivity contribution in [2.24, 2.45) is 0 Å². The number of amides is 1. The molecule has 5 nitrogen and oxygen atoms in total. The normalized spacial score (nSPS) is 12.5. The van der Waals surface area contributed by atoms with Crippen LogP contribution in [0.2, 0.25) is 0 Å². The minimum Gasteiger partial charge on any atom is -0.466 e. The molecule has 1 atom stereocenters. The Morgan fingerprint density at radius 1 is 1.37 bits per heavy atom. The second-order valence-corrected chi connectivity index (χ2v) is 4.87. The summed E-state index contributed by atoms with van der Waals surface area (Å²) in [5.74, 6) is 1.57. The SMILES string of the molecule is Cc1cc(C(C)NC(=O)c2c(C)n[nH]c2C)c(C)o1. The lowest BCUT2D eigenvalue weighted by atomic mass is 10.1. The first-order valence-corrected chi connectivity index (χ1v) is 6.29. The zero-order valence-electron chi connectivity index (χ0n) is 11.9. The third-order valence-electron chi connectivity index (χ3n) is 3.25. The summed E-state index contributed by atoms with van der Waals surface area (Å²) in [4.78, 5) is 12.2. The number of hydrogen-bond acceptors (Lipinski definition) is 3. The lowest BCUT2D eigenvalue weighted by molar-refractivity contribution is 0.0938. The van der Waals surface area contributed by atoms with E-state index >= 15 is 0 Å². The lowest BCUT2D eigenvalue weighted by Crippen LogP contribution is -2.27. The number of furan rings is 1. The molecule has 0 saturated heterocycles. The van der Waals surface area contributed by atoms with Gasteiger partial charge in [-0.15, -0.1) is 0 Å². The molecule has 0 aliphatic heterocycles. The summed E-state index contributed by atoms with van der Waals surface area (Å²) in [6.07, 6.45) is 0. The van der Waals surface area contributed by atoms with E-state index in [9.17, 15) is 4.79 Å². The van der Waals surface area contributed by atoms with E-state index in [1.54, 1.807) is 0 Å². The number of carbonyl (C=O) groups excluding carboxylic acids is 1. The smallest absolute Gasteiger partial charge is 0.255 e. The molecule has 19 heavy (non-hydrogen) atoms. The number of rotatable bonds is 3. The molecule has 0 bridgehead atoms. The Hall–Kier alpha value is -2.04. The molecule has 0 spiro atoms. The van der Waals surface area contributed by atoms with Gasteiger partial charge in [-0.3, -0.25) is 9.89 Å². The van der Waals surface area contributed by atoms with Gasteiger partial charge in [-0.25, -0.2) is 0 Å². The van der Waals surface area contributed by atoms with Gasteiger partial charge >= 0.3 is 0 Å². The molecule has 0 aromatic carbocycles. The largest absolute Gasteiger partial charge is 0.466 e. The monoisotopic (exact) mass is 261 g/mol. The first-order chi connectivity index (χ1) is 8.90. The predicted molar refractivity (Wildman–Crippen MR) is 72.1 cm³/mol. The van der Waals surface area contributed by atoms with Gasteiger partial charge in [0.2, 0.25) is 0 Å². The first kappa shape index (κ1) is 13.4. The number of aromatic amines is 1. The van der Waals surface area contributed by atoms with Gasteiger partial charge in [0.25, 0.3) is 5.91 Å².